The van der Waals surface area contributed by atoms with Crippen LogP contribution in [0.15, 0.2) is 58.8 Å². The lowest BCUT2D eigenvalue weighted by Gasteiger charge is -2.20. The van der Waals surface area contributed by atoms with Crippen molar-refractivity contribution in [2.24, 2.45) is 10.7 Å². The maximum atomic E-state index is 14.4. The van der Waals surface area contributed by atoms with Crippen LogP contribution in [0.1, 0.15) is 18.5 Å². The lowest BCUT2D eigenvalue weighted by Crippen LogP contribution is -2.37. The molecule has 0 spiro atoms. The summed E-state index contributed by atoms with van der Waals surface area (Å²) in [5.41, 5.74) is 6.12. The van der Waals surface area contributed by atoms with E-state index in [0.717, 1.165) is 10.6 Å². The summed E-state index contributed by atoms with van der Waals surface area (Å²) in [6.07, 6.45) is 7.28. The standard InChI is InChI=1S/C20H20FN7O/c1-12(27-7-5-17-15(20(27)29)4-3-6-26-17)18(23)28-11-13(8-16(21)19(28)24)14(9-22)10-25-2/h3-12,23-24H,22H2,1-2H3. The lowest BCUT2D eigenvalue weighted by atomic mass is 10.1. The Balaban J connectivity index is 2.11. The van der Waals surface area contributed by atoms with Crippen LogP contribution in [0.3, 0.4) is 0 Å². The molecular formula is C20H20FN7O. The molecule has 0 amide bonds. The van der Waals surface area contributed by atoms with Crippen molar-refractivity contribution in [3.8, 4) is 0 Å². The summed E-state index contributed by atoms with van der Waals surface area (Å²) in [5.74, 6) is -0.968. The van der Waals surface area contributed by atoms with Gasteiger partial charge in [-0.05, 0) is 31.2 Å². The van der Waals surface area contributed by atoms with Crippen LogP contribution in [0, 0.1) is 16.6 Å². The second-order valence-corrected chi connectivity index (χ2v) is 6.33. The lowest BCUT2D eigenvalue weighted by molar-refractivity contribution is 0.580. The molecule has 0 fully saturated rings. The maximum absolute atomic E-state index is 14.4. The molecule has 1 atom stereocenters. The first-order valence-corrected chi connectivity index (χ1v) is 8.75. The van der Waals surface area contributed by atoms with Gasteiger partial charge >= 0.3 is 0 Å². The Morgan fingerprint density at radius 2 is 2.17 bits per heavy atom. The molecule has 0 bridgehead atoms. The first-order valence-electron chi connectivity index (χ1n) is 8.75. The maximum Gasteiger partial charge on any atom is 0.260 e. The van der Waals surface area contributed by atoms with E-state index in [1.165, 1.54) is 29.4 Å². The van der Waals surface area contributed by atoms with Crippen LogP contribution in [0.25, 0.3) is 16.5 Å². The van der Waals surface area contributed by atoms with E-state index < -0.39 is 17.3 Å². The predicted molar refractivity (Wildman–Crippen MR) is 111 cm³/mol. The topological polar surface area (TPSA) is 126 Å². The van der Waals surface area contributed by atoms with E-state index >= 15 is 0 Å². The van der Waals surface area contributed by atoms with Gasteiger partial charge in [0.25, 0.3) is 5.56 Å². The van der Waals surface area contributed by atoms with E-state index in [-0.39, 0.29) is 11.4 Å². The van der Waals surface area contributed by atoms with Gasteiger partial charge in [-0.3, -0.25) is 30.2 Å². The van der Waals surface area contributed by atoms with Crippen LogP contribution in [0.5, 0.6) is 0 Å². The largest absolute Gasteiger partial charge is 0.404 e. The SMILES string of the molecule is CN=CC(=CN)c1cc(F)c(=N)n(C(=N)C(C)n2ccc3ncccc3c2=O)c1. The molecule has 0 aliphatic heterocycles. The number of nitrogens with two attached hydrogens (primary N) is 1. The summed E-state index contributed by atoms with van der Waals surface area (Å²) in [6, 6.07) is 5.39. The third-order valence-electron chi connectivity index (χ3n) is 4.57. The van der Waals surface area contributed by atoms with Crippen LogP contribution < -0.4 is 16.8 Å². The highest BCUT2D eigenvalue weighted by Gasteiger charge is 2.18. The molecule has 9 heteroatoms. The molecule has 3 aromatic rings. The Hall–Kier alpha value is -3.88. The van der Waals surface area contributed by atoms with Crippen LogP contribution >= 0.6 is 0 Å². The molecule has 0 saturated carbocycles. The van der Waals surface area contributed by atoms with E-state index in [1.807, 2.05) is 0 Å². The number of hydrogen-bond donors (Lipinski definition) is 3. The quantitative estimate of drug-likeness (QED) is 0.463. The summed E-state index contributed by atoms with van der Waals surface area (Å²) in [4.78, 5) is 20.8. The molecule has 0 aliphatic rings. The third-order valence-corrected chi connectivity index (χ3v) is 4.57. The van der Waals surface area contributed by atoms with Crippen LogP contribution in [-0.2, 0) is 0 Å². The van der Waals surface area contributed by atoms with Gasteiger partial charge in [0.2, 0.25) is 0 Å². The highest BCUT2D eigenvalue weighted by Crippen LogP contribution is 2.14. The van der Waals surface area contributed by atoms with Gasteiger partial charge < -0.3 is 10.3 Å². The number of hydrogen-bond acceptors (Lipinski definition) is 6. The average molecular weight is 393 g/mol. The van der Waals surface area contributed by atoms with Gasteiger partial charge in [-0.2, -0.15) is 0 Å². The van der Waals surface area contributed by atoms with E-state index in [9.17, 15) is 9.18 Å². The number of aromatic nitrogens is 3. The van der Waals surface area contributed by atoms with Crippen molar-refractivity contribution >= 4 is 28.5 Å². The van der Waals surface area contributed by atoms with E-state index in [2.05, 4.69) is 9.98 Å². The van der Waals surface area contributed by atoms with E-state index in [0.29, 0.717) is 22.0 Å². The zero-order valence-electron chi connectivity index (χ0n) is 15.9. The fourth-order valence-electron chi connectivity index (χ4n) is 2.99. The summed E-state index contributed by atoms with van der Waals surface area (Å²) in [6.45, 7) is 1.64. The Morgan fingerprint density at radius 3 is 2.86 bits per heavy atom. The van der Waals surface area contributed by atoms with Crippen molar-refractivity contribution in [1.29, 1.82) is 10.8 Å². The molecule has 148 valence electrons. The van der Waals surface area contributed by atoms with Crippen LogP contribution in [0.4, 0.5) is 4.39 Å². The zero-order valence-corrected chi connectivity index (χ0v) is 15.9. The van der Waals surface area contributed by atoms with Gasteiger partial charge in [0, 0.05) is 49.2 Å². The molecular weight excluding hydrogens is 373 g/mol. The molecule has 0 aliphatic carbocycles. The summed E-state index contributed by atoms with van der Waals surface area (Å²) in [7, 11) is 1.55. The molecule has 0 radical (unpaired) electrons. The Kier molecular flexibility index (Phi) is 5.49. The second-order valence-electron chi connectivity index (χ2n) is 6.33. The molecule has 0 saturated heterocycles. The van der Waals surface area contributed by atoms with Gasteiger partial charge in [0.1, 0.15) is 5.84 Å². The highest BCUT2D eigenvalue weighted by atomic mass is 19.1. The fraction of sp³-hybridized carbons (Fsp3) is 0.150. The van der Waals surface area contributed by atoms with Crippen molar-refractivity contribution in [2.45, 2.75) is 13.0 Å². The number of fused-ring (bicyclic) bond motifs is 1. The van der Waals surface area contributed by atoms with Gasteiger partial charge in [-0.25, -0.2) is 4.39 Å². The predicted octanol–water partition coefficient (Wildman–Crippen LogP) is 1.90. The second kappa shape index (κ2) is 8.01. The minimum atomic E-state index is -0.821. The van der Waals surface area contributed by atoms with Crippen molar-refractivity contribution in [1.82, 2.24) is 14.1 Å². The van der Waals surface area contributed by atoms with Gasteiger partial charge in [-0.15, -0.1) is 0 Å². The molecule has 1 unspecified atom stereocenters. The molecule has 3 heterocycles. The summed E-state index contributed by atoms with van der Waals surface area (Å²) >= 11 is 0. The number of nitrogens with one attached hydrogen (secondary N) is 2. The van der Waals surface area contributed by atoms with Crippen molar-refractivity contribution < 1.29 is 4.39 Å². The minimum Gasteiger partial charge on any atom is -0.404 e. The monoisotopic (exact) mass is 393 g/mol. The number of pyridine rings is 3. The fourth-order valence-corrected chi connectivity index (χ4v) is 2.99. The van der Waals surface area contributed by atoms with E-state index in [1.54, 1.807) is 38.4 Å². The number of rotatable bonds is 4. The molecule has 3 aromatic heterocycles. The van der Waals surface area contributed by atoms with Gasteiger partial charge in [0.15, 0.2) is 11.3 Å². The third kappa shape index (κ3) is 3.62. The van der Waals surface area contributed by atoms with Crippen LogP contribution in [0.2, 0.25) is 0 Å². The summed E-state index contributed by atoms with van der Waals surface area (Å²) < 4.78 is 16.8. The Morgan fingerprint density at radius 1 is 1.41 bits per heavy atom. The zero-order chi connectivity index (χ0) is 21.1. The first-order chi connectivity index (χ1) is 13.9. The van der Waals surface area contributed by atoms with Crippen molar-refractivity contribution in [2.75, 3.05) is 7.05 Å². The normalized spacial score (nSPS) is 13.1. The van der Waals surface area contributed by atoms with Gasteiger partial charge in [-0.1, -0.05) is 0 Å². The smallest absolute Gasteiger partial charge is 0.260 e. The number of allylic oxidation sites excluding steroid dienone is 1. The first kappa shape index (κ1) is 19.9. The molecule has 8 nitrogen and oxygen atoms in total. The number of aliphatic imine (C=N–C) groups is 1. The Labute approximate surface area is 165 Å². The van der Waals surface area contributed by atoms with Crippen molar-refractivity contribution in [3.05, 3.63) is 76.3 Å². The van der Waals surface area contributed by atoms with Crippen molar-refractivity contribution in [3.63, 3.8) is 0 Å². The molecule has 0 aromatic carbocycles. The summed E-state index contributed by atoms with van der Waals surface area (Å²) in [5, 5.41) is 17.0. The van der Waals surface area contributed by atoms with Gasteiger partial charge in [0.05, 0.1) is 16.9 Å². The van der Waals surface area contributed by atoms with Crippen LogP contribution in [-0.4, -0.2) is 33.2 Å². The Bertz CT molecular complexity index is 1270. The minimum absolute atomic E-state index is 0.147. The highest BCUT2D eigenvalue weighted by molar-refractivity contribution is 6.09. The molecule has 3 rings (SSSR count). The number of halogens is 1. The average Bonchev–Trinajstić information content (AvgIpc) is 2.73. The molecule has 4 N–H and O–H groups in total. The number of nitrogens with zero attached hydrogens (tertiary/aromatic N) is 4. The molecule has 29 heavy (non-hydrogen) atoms. The van der Waals surface area contributed by atoms with E-state index in [4.69, 9.17) is 16.6 Å².